The van der Waals surface area contributed by atoms with Crippen LogP contribution in [0.3, 0.4) is 0 Å². The summed E-state index contributed by atoms with van der Waals surface area (Å²) >= 11 is 0. The van der Waals surface area contributed by atoms with Gasteiger partial charge in [-0.15, -0.1) is 0 Å². The molecule has 1 aliphatic rings. The van der Waals surface area contributed by atoms with Crippen molar-refractivity contribution in [2.45, 2.75) is 38.6 Å². The van der Waals surface area contributed by atoms with Gasteiger partial charge in [0.05, 0.1) is 29.3 Å². The van der Waals surface area contributed by atoms with Gasteiger partial charge in [0.1, 0.15) is 13.1 Å². The number of ether oxygens (including phenoxy) is 1. The van der Waals surface area contributed by atoms with E-state index in [1.54, 1.807) is 24.7 Å². The van der Waals surface area contributed by atoms with Crippen LogP contribution < -0.4 is 9.80 Å². The predicted octanol–water partition coefficient (Wildman–Crippen LogP) is 5.00. The Kier molecular flexibility index (Phi) is 7.46. The summed E-state index contributed by atoms with van der Waals surface area (Å²) in [5.74, 6) is 0.703. The minimum atomic E-state index is -4.40. The van der Waals surface area contributed by atoms with Crippen molar-refractivity contribution in [3.05, 3.63) is 54.7 Å². The summed E-state index contributed by atoms with van der Waals surface area (Å²) in [5, 5.41) is 0. The Labute approximate surface area is 204 Å². The molecule has 7 nitrogen and oxygen atoms in total. The first-order valence-electron chi connectivity index (χ1n) is 11.7. The molecule has 0 aliphatic carbocycles. The number of rotatable bonds is 8. The normalized spacial score (nSPS) is 15.0. The average molecular weight is 505 g/mol. The fourth-order valence-corrected chi connectivity index (χ4v) is 4.66. The number of benzene rings is 1. The molecule has 1 fully saturated rings. The topological polar surface area (TPSA) is 59.3 Å². The monoisotopic (exact) mass is 504 g/mol. The number of imidazole rings is 1. The predicted molar refractivity (Wildman–Crippen MR) is 133 cm³/mol. The molecule has 0 unspecified atom stereocenters. The van der Waals surface area contributed by atoms with Crippen molar-refractivity contribution in [3.63, 3.8) is 0 Å². The van der Waals surface area contributed by atoms with E-state index in [0.29, 0.717) is 43.6 Å². The van der Waals surface area contributed by atoms with Crippen molar-refractivity contribution < 1.29 is 17.9 Å². The van der Waals surface area contributed by atoms with Crippen molar-refractivity contribution >= 4 is 19.7 Å². The Morgan fingerprint density at radius 3 is 2.34 bits per heavy atom. The van der Waals surface area contributed by atoms with Gasteiger partial charge < -0.3 is 14.5 Å². The van der Waals surface area contributed by atoms with Gasteiger partial charge in [0, 0.05) is 52.6 Å². The lowest BCUT2D eigenvalue weighted by Gasteiger charge is -2.36. The molecule has 0 bridgehead atoms. The minimum Gasteiger partial charge on any atom is -0.365 e. The molecule has 4 rings (SSSR count). The molecule has 3 aromatic rings. The molecule has 0 amide bonds. The van der Waals surface area contributed by atoms with E-state index in [9.17, 15) is 13.2 Å². The quantitative estimate of drug-likeness (QED) is 0.318. The molecule has 0 atom stereocenters. The maximum Gasteiger partial charge on any atom is 0.416 e. The fourth-order valence-electron chi connectivity index (χ4n) is 3.91. The Bertz CT molecular complexity index is 1110. The van der Waals surface area contributed by atoms with Crippen molar-refractivity contribution in [3.8, 4) is 11.3 Å². The third kappa shape index (κ3) is 6.60. The van der Waals surface area contributed by atoms with Crippen molar-refractivity contribution in [1.29, 1.82) is 0 Å². The number of nitrogens with zero attached hydrogens (tertiary/aromatic N) is 6. The number of piperazine rings is 1. The second-order valence-electron chi connectivity index (χ2n) is 9.89. The summed E-state index contributed by atoms with van der Waals surface area (Å²) in [7, 11) is -1.24. The van der Waals surface area contributed by atoms with Crippen molar-refractivity contribution in [2.24, 2.45) is 0 Å². The van der Waals surface area contributed by atoms with E-state index in [1.165, 1.54) is 12.4 Å². The fraction of sp³-hybridized carbons (Fsp3) is 0.458. The zero-order valence-electron chi connectivity index (χ0n) is 20.3. The first-order chi connectivity index (χ1) is 16.6. The summed E-state index contributed by atoms with van der Waals surface area (Å²) in [6, 6.07) is 6.34. The molecule has 35 heavy (non-hydrogen) atoms. The van der Waals surface area contributed by atoms with Crippen LogP contribution in [0.2, 0.25) is 25.7 Å². The zero-order valence-corrected chi connectivity index (χ0v) is 21.3. The van der Waals surface area contributed by atoms with Crippen LogP contribution in [0.15, 0.2) is 49.2 Å². The van der Waals surface area contributed by atoms with Gasteiger partial charge in [-0.2, -0.15) is 13.2 Å². The Morgan fingerprint density at radius 2 is 1.69 bits per heavy atom. The summed E-state index contributed by atoms with van der Waals surface area (Å²) in [6.45, 7) is 10.8. The van der Waals surface area contributed by atoms with Gasteiger partial charge in [-0.25, -0.2) is 15.0 Å². The lowest BCUT2D eigenvalue weighted by atomic mass is 10.1. The summed E-state index contributed by atoms with van der Waals surface area (Å²) in [4.78, 5) is 17.3. The van der Waals surface area contributed by atoms with Gasteiger partial charge in [0.2, 0.25) is 5.95 Å². The van der Waals surface area contributed by atoms with Gasteiger partial charge in [-0.1, -0.05) is 31.8 Å². The van der Waals surface area contributed by atoms with Crippen LogP contribution in [-0.2, 0) is 17.6 Å². The van der Waals surface area contributed by atoms with Crippen LogP contribution in [0, 0.1) is 0 Å². The van der Waals surface area contributed by atoms with Crippen LogP contribution in [0.1, 0.15) is 5.56 Å². The zero-order chi connectivity index (χ0) is 25.1. The number of hydrogen-bond acceptors (Lipinski definition) is 6. The molecule has 0 N–H and O–H groups in total. The number of alkyl halides is 3. The molecule has 1 aliphatic heterocycles. The number of hydrogen-bond donors (Lipinski definition) is 0. The molecule has 188 valence electrons. The van der Waals surface area contributed by atoms with Crippen molar-refractivity contribution in [2.75, 3.05) is 42.6 Å². The van der Waals surface area contributed by atoms with E-state index in [2.05, 4.69) is 39.4 Å². The largest absolute Gasteiger partial charge is 0.416 e. The number of aromatic nitrogens is 4. The lowest BCUT2D eigenvalue weighted by Crippen LogP contribution is -2.47. The molecular weight excluding hydrogens is 473 g/mol. The van der Waals surface area contributed by atoms with E-state index in [0.717, 1.165) is 37.0 Å². The Morgan fingerprint density at radius 1 is 1.00 bits per heavy atom. The van der Waals surface area contributed by atoms with Gasteiger partial charge in [-0.05, 0) is 18.2 Å². The second kappa shape index (κ2) is 10.4. The van der Waals surface area contributed by atoms with Gasteiger partial charge in [-0.3, -0.25) is 4.57 Å². The van der Waals surface area contributed by atoms with Crippen LogP contribution in [0.4, 0.5) is 24.8 Å². The molecule has 0 saturated carbocycles. The molecule has 1 aromatic carbocycles. The third-order valence-corrected chi connectivity index (χ3v) is 7.65. The lowest BCUT2D eigenvalue weighted by molar-refractivity contribution is -0.137. The molecule has 0 spiro atoms. The van der Waals surface area contributed by atoms with Gasteiger partial charge in [0.15, 0.2) is 0 Å². The molecular formula is C24H31F3N6OSi. The van der Waals surface area contributed by atoms with Gasteiger partial charge in [0.25, 0.3) is 0 Å². The van der Waals surface area contributed by atoms with E-state index in [1.807, 2.05) is 4.57 Å². The van der Waals surface area contributed by atoms with Gasteiger partial charge >= 0.3 is 6.18 Å². The van der Waals surface area contributed by atoms with E-state index in [-0.39, 0.29) is 0 Å². The van der Waals surface area contributed by atoms with E-state index < -0.39 is 19.8 Å². The van der Waals surface area contributed by atoms with Crippen LogP contribution >= 0.6 is 0 Å². The van der Waals surface area contributed by atoms with Crippen LogP contribution in [-0.4, -0.2) is 60.4 Å². The summed E-state index contributed by atoms with van der Waals surface area (Å²) < 4.78 is 47.7. The second-order valence-corrected chi connectivity index (χ2v) is 15.5. The first kappa shape index (κ1) is 25.2. The highest BCUT2D eigenvalue weighted by Crippen LogP contribution is 2.33. The maximum absolute atomic E-state index is 13.3. The molecule has 11 heteroatoms. The standard InChI is InChI=1S/C24H31F3N6OSi/c1-35(2,3)12-11-34-18-33-16-22(19-5-4-6-20(13-19)24(25,26)27)30-23(33)32-9-7-31(8-10-32)21-14-28-17-29-15-21/h4-6,13-17H,7-12,18H2,1-3H3. The molecule has 0 radical (unpaired) electrons. The Balaban J connectivity index is 1.54. The summed E-state index contributed by atoms with van der Waals surface area (Å²) in [5.41, 5.74) is 1.21. The van der Waals surface area contributed by atoms with Crippen LogP contribution in [0.5, 0.6) is 0 Å². The minimum absolute atomic E-state index is 0.304. The van der Waals surface area contributed by atoms with E-state index >= 15 is 0 Å². The SMILES string of the molecule is C[Si](C)(C)CCOCn1cc(-c2cccc(C(F)(F)F)c2)nc1N1CCN(c2cncnc2)CC1. The number of halogens is 3. The maximum atomic E-state index is 13.3. The molecule has 3 heterocycles. The van der Waals surface area contributed by atoms with Crippen molar-refractivity contribution in [1.82, 2.24) is 19.5 Å². The highest BCUT2D eigenvalue weighted by atomic mass is 28.3. The summed E-state index contributed by atoms with van der Waals surface area (Å²) in [6.07, 6.45) is 2.48. The molecule has 1 saturated heterocycles. The highest BCUT2D eigenvalue weighted by Gasteiger charge is 2.31. The smallest absolute Gasteiger partial charge is 0.365 e. The third-order valence-electron chi connectivity index (χ3n) is 5.94. The highest BCUT2D eigenvalue weighted by molar-refractivity contribution is 6.76. The van der Waals surface area contributed by atoms with Crippen LogP contribution in [0.25, 0.3) is 11.3 Å². The first-order valence-corrected chi connectivity index (χ1v) is 15.4. The number of anilines is 2. The molecule has 2 aromatic heterocycles. The Hall–Kier alpha value is -2.92. The van der Waals surface area contributed by atoms with E-state index in [4.69, 9.17) is 9.72 Å². The average Bonchev–Trinajstić information content (AvgIpc) is 3.26.